The molecule has 1 aromatic heterocycles. The molecule has 1 saturated heterocycles. The molecule has 0 saturated carbocycles. The van der Waals surface area contributed by atoms with Gasteiger partial charge in [0.2, 0.25) is 10.0 Å². The van der Waals surface area contributed by atoms with Gasteiger partial charge in [-0.3, -0.25) is 10.2 Å². The van der Waals surface area contributed by atoms with Gasteiger partial charge in [0.1, 0.15) is 0 Å². The molecule has 0 spiro atoms. The number of nitrogens with one attached hydrogen (secondary N) is 1. The van der Waals surface area contributed by atoms with Crippen molar-refractivity contribution in [3.63, 3.8) is 0 Å². The summed E-state index contributed by atoms with van der Waals surface area (Å²) in [4.78, 5) is 37.2. The minimum Gasteiger partial charge on any atom is -0.371 e. The van der Waals surface area contributed by atoms with E-state index in [-0.39, 0.29) is 16.0 Å². The Morgan fingerprint density at radius 1 is 1.03 bits per heavy atom. The minimum atomic E-state index is -3.61. The third-order valence-corrected chi connectivity index (χ3v) is 7.54. The highest BCUT2D eigenvalue weighted by molar-refractivity contribution is 7.89. The third kappa shape index (κ3) is 5.53. The first-order chi connectivity index (χ1) is 15.2. The topological polar surface area (TPSA) is 113 Å². The average molecular weight is 480 g/mol. The molecule has 1 aliphatic rings. The second-order valence-electron chi connectivity index (χ2n) is 7.56. The zero-order valence-electron chi connectivity index (χ0n) is 17.8. The van der Waals surface area contributed by atoms with Gasteiger partial charge in [-0.2, -0.15) is 15.6 Å². The summed E-state index contributed by atoms with van der Waals surface area (Å²) in [5.41, 5.74) is 2.81. The van der Waals surface area contributed by atoms with Crippen LogP contribution < -0.4 is 5.43 Å². The van der Waals surface area contributed by atoms with Crippen LogP contribution in [-0.4, -0.2) is 54.8 Å². The summed E-state index contributed by atoms with van der Waals surface area (Å²) in [5.74, 6) is -1.45. The molecule has 11 heteroatoms. The molecular weight excluding hydrogens is 454 g/mol. The van der Waals surface area contributed by atoms with Gasteiger partial charge in [-0.05, 0) is 62.4 Å². The van der Waals surface area contributed by atoms with E-state index in [0.717, 1.165) is 24.3 Å². The smallest absolute Gasteiger partial charge is 0.371 e. The quantitative estimate of drug-likeness (QED) is 0.400. The number of hydrazine groups is 1. The van der Waals surface area contributed by atoms with Crippen LogP contribution in [0.25, 0.3) is 0 Å². The molecule has 2 heterocycles. The zero-order chi connectivity index (χ0) is 23.3. The standard InChI is InChI=1S/C21H25N3O6S2/c1-15(2)24(21(27)30-20(26)17-10-13-31-14-17)22-19(25)16-6-8-18(9-7-16)32(28,29)23-11-4-3-5-12-23/h6-10,13-15H,3-5,11-12H2,1-2H3,(H,22,25). The molecule has 172 valence electrons. The van der Waals surface area contributed by atoms with E-state index in [1.165, 1.54) is 46.0 Å². The van der Waals surface area contributed by atoms with Crippen LogP contribution in [0.3, 0.4) is 0 Å². The normalized spacial score (nSPS) is 14.7. The molecule has 3 rings (SSSR count). The van der Waals surface area contributed by atoms with Gasteiger partial charge in [-0.1, -0.05) is 6.42 Å². The number of carbonyl (C=O) groups is 3. The van der Waals surface area contributed by atoms with Crippen molar-refractivity contribution in [1.29, 1.82) is 0 Å². The number of hydrogen-bond acceptors (Lipinski definition) is 7. The van der Waals surface area contributed by atoms with E-state index < -0.39 is 34.0 Å². The van der Waals surface area contributed by atoms with Crippen molar-refractivity contribution in [2.45, 2.75) is 44.0 Å². The monoisotopic (exact) mass is 479 g/mol. The fraction of sp³-hybridized carbons (Fsp3) is 0.381. The molecule has 2 amide bonds. The number of benzene rings is 1. The van der Waals surface area contributed by atoms with Gasteiger partial charge in [0.25, 0.3) is 5.91 Å². The molecule has 0 radical (unpaired) electrons. The van der Waals surface area contributed by atoms with Crippen LogP contribution >= 0.6 is 11.3 Å². The molecule has 2 aromatic rings. The first-order valence-corrected chi connectivity index (χ1v) is 12.6. The largest absolute Gasteiger partial charge is 0.436 e. The SMILES string of the molecule is CC(C)N(NC(=O)c1ccc(S(=O)(=O)N2CCCCC2)cc1)C(=O)OC(=O)c1ccsc1. The zero-order valence-corrected chi connectivity index (χ0v) is 19.4. The van der Waals surface area contributed by atoms with Crippen molar-refractivity contribution in [3.8, 4) is 0 Å². The van der Waals surface area contributed by atoms with Crippen LogP contribution in [0.5, 0.6) is 0 Å². The van der Waals surface area contributed by atoms with E-state index >= 15 is 0 Å². The first-order valence-electron chi connectivity index (χ1n) is 10.2. The lowest BCUT2D eigenvalue weighted by Gasteiger charge is -2.26. The maximum atomic E-state index is 12.7. The first kappa shape index (κ1) is 23.9. The van der Waals surface area contributed by atoms with E-state index in [0.29, 0.717) is 13.1 Å². The highest BCUT2D eigenvalue weighted by atomic mass is 32.2. The summed E-state index contributed by atoms with van der Waals surface area (Å²) in [6.07, 6.45) is 1.65. The lowest BCUT2D eigenvalue weighted by atomic mass is 10.2. The van der Waals surface area contributed by atoms with Gasteiger partial charge < -0.3 is 4.74 Å². The van der Waals surface area contributed by atoms with Crippen LogP contribution in [0.15, 0.2) is 46.0 Å². The number of amides is 2. The second-order valence-corrected chi connectivity index (χ2v) is 10.3. The fourth-order valence-corrected chi connectivity index (χ4v) is 5.30. The number of nitrogens with zero attached hydrogens (tertiary/aromatic N) is 2. The van der Waals surface area contributed by atoms with Crippen LogP contribution in [0.2, 0.25) is 0 Å². The number of sulfonamides is 1. The van der Waals surface area contributed by atoms with Gasteiger partial charge in [-0.15, -0.1) is 0 Å². The minimum absolute atomic E-state index is 0.109. The molecule has 32 heavy (non-hydrogen) atoms. The number of esters is 1. The second kappa shape index (κ2) is 10.2. The molecule has 0 aliphatic carbocycles. The Kier molecular flexibility index (Phi) is 7.64. The Morgan fingerprint density at radius 3 is 2.25 bits per heavy atom. The van der Waals surface area contributed by atoms with E-state index in [1.54, 1.807) is 24.6 Å². The van der Waals surface area contributed by atoms with Crippen LogP contribution in [-0.2, 0) is 14.8 Å². The summed E-state index contributed by atoms with van der Waals surface area (Å²) in [6.45, 7) is 4.26. The molecule has 0 bridgehead atoms. The predicted molar refractivity (Wildman–Crippen MR) is 119 cm³/mol. The number of hydrogen-bond donors (Lipinski definition) is 1. The number of piperidine rings is 1. The van der Waals surface area contributed by atoms with Crippen LogP contribution in [0.4, 0.5) is 4.79 Å². The number of ether oxygens (including phenoxy) is 1. The number of carbonyl (C=O) groups excluding carboxylic acids is 3. The highest BCUT2D eigenvalue weighted by Crippen LogP contribution is 2.21. The Labute approximate surface area is 191 Å². The van der Waals surface area contributed by atoms with E-state index in [9.17, 15) is 22.8 Å². The predicted octanol–water partition coefficient (Wildman–Crippen LogP) is 3.25. The van der Waals surface area contributed by atoms with Gasteiger partial charge >= 0.3 is 12.1 Å². The van der Waals surface area contributed by atoms with Gasteiger partial charge in [0, 0.05) is 24.0 Å². The van der Waals surface area contributed by atoms with Crippen molar-refractivity contribution in [2.24, 2.45) is 0 Å². The highest BCUT2D eigenvalue weighted by Gasteiger charge is 2.27. The molecule has 1 N–H and O–H groups in total. The van der Waals surface area contributed by atoms with Gasteiger partial charge in [0.15, 0.2) is 0 Å². The molecular formula is C21H25N3O6S2. The number of rotatable bonds is 5. The van der Waals surface area contributed by atoms with E-state index in [1.807, 2.05) is 0 Å². The van der Waals surface area contributed by atoms with Gasteiger partial charge in [0.05, 0.1) is 16.5 Å². The Balaban J connectivity index is 1.67. The van der Waals surface area contributed by atoms with Crippen molar-refractivity contribution in [1.82, 2.24) is 14.7 Å². The average Bonchev–Trinajstić information content (AvgIpc) is 3.33. The summed E-state index contributed by atoms with van der Waals surface area (Å²) < 4.78 is 31.8. The molecule has 1 aromatic carbocycles. The molecule has 0 atom stereocenters. The summed E-state index contributed by atoms with van der Waals surface area (Å²) in [5, 5.41) is 4.14. The molecule has 0 unspecified atom stereocenters. The van der Waals surface area contributed by atoms with E-state index in [4.69, 9.17) is 4.74 Å². The Morgan fingerprint density at radius 2 is 1.69 bits per heavy atom. The van der Waals surface area contributed by atoms with Crippen LogP contribution in [0, 0.1) is 0 Å². The maximum absolute atomic E-state index is 12.7. The van der Waals surface area contributed by atoms with Crippen molar-refractivity contribution < 1.29 is 27.5 Å². The maximum Gasteiger partial charge on any atom is 0.436 e. The van der Waals surface area contributed by atoms with Crippen molar-refractivity contribution in [2.75, 3.05) is 13.1 Å². The lowest BCUT2D eigenvalue weighted by molar-refractivity contribution is 0.0416. The van der Waals surface area contributed by atoms with E-state index in [2.05, 4.69) is 5.43 Å². The van der Waals surface area contributed by atoms with Gasteiger partial charge in [-0.25, -0.2) is 23.0 Å². The fourth-order valence-electron chi connectivity index (χ4n) is 3.16. The lowest BCUT2D eigenvalue weighted by Crippen LogP contribution is -2.50. The Bertz CT molecular complexity index is 1060. The molecule has 9 nitrogen and oxygen atoms in total. The van der Waals surface area contributed by atoms with Crippen molar-refractivity contribution >= 4 is 39.3 Å². The summed E-state index contributed by atoms with van der Waals surface area (Å²) in [6, 6.07) is 6.53. The molecule has 1 aliphatic heterocycles. The molecule has 1 fully saturated rings. The summed E-state index contributed by atoms with van der Waals surface area (Å²) >= 11 is 1.29. The number of thiophene rings is 1. The third-order valence-electron chi connectivity index (χ3n) is 4.94. The summed E-state index contributed by atoms with van der Waals surface area (Å²) in [7, 11) is -3.61. The van der Waals surface area contributed by atoms with Crippen LogP contribution in [0.1, 0.15) is 53.8 Å². The Hall–Kier alpha value is -2.76. The van der Waals surface area contributed by atoms with Crippen molar-refractivity contribution in [3.05, 3.63) is 52.2 Å².